The number of hydrogen-bond donors (Lipinski definition) is 0. The molecule has 0 nitrogen and oxygen atoms in total. The lowest BCUT2D eigenvalue weighted by Crippen LogP contribution is -1.79. The van der Waals surface area contributed by atoms with Crippen molar-refractivity contribution in [3.05, 3.63) is 34.6 Å². The lowest BCUT2D eigenvalue weighted by molar-refractivity contribution is 0.628. The van der Waals surface area contributed by atoms with E-state index >= 15 is 0 Å². The third-order valence-corrected chi connectivity index (χ3v) is 2.08. The maximum Gasteiger partial charge on any atom is 0.124 e. The van der Waals surface area contributed by atoms with Crippen LogP contribution in [0.3, 0.4) is 0 Å². The fraction of sp³-hybridized carbons (Fsp3) is 0.200. The van der Waals surface area contributed by atoms with Crippen molar-refractivity contribution in [2.45, 2.75) is 6.42 Å². The predicted octanol–water partition coefficient (Wildman–Crippen LogP) is 3.62. The molecule has 0 spiro atoms. The van der Waals surface area contributed by atoms with Crippen molar-refractivity contribution in [2.24, 2.45) is 0 Å². The summed E-state index contributed by atoms with van der Waals surface area (Å²) in [6, 6.07) is 4.20. The van der Waals surface area contributed by atoms with Crippen molar-refractivity contribution in [3.63, 3.8) is 0 Å². The Bertz CT molecular complexity index is 352. The molecule has 0 saturated carbocycles. The minimum atomic E-state index is -0.337. The maximum atomic E-state index is 12.6. The fourth-order valence-corrected chi connectivity index (χ4v) is 1.21. The highest BCUT2D eigenvalue weighted by atomic mass is 79.9. The molecular weight excluding hydrogens is 254 g/mol. The molecule has 13 heavy (non-hydrogen) atoms. The molecule has 1 rings (SSSR count). The van der Waals surface area contributed by atoms with Crippen LogP contribution in [0.4, 0.5) is 4.39 Å². The monoisotopic (exact) mass is 260 g/mol. The van der Waals surface area contributed by atoms with Crippen LogP contribution in [0.25, 0.3) is 0 Å². The van der Waals surface area contributed by atoms with Gasteiger partial charge < -0.3 is 0 Å². The number of halogens is 3. The Hall–Kier alpha value is -0.520. The van der Waals surface area contributed by atoms with Crippen LogP contribution in [0.1, 0.15) is 12.0 Å². The van der Waals surface area contributed by atoms with Crippen LogP contribution in [0.5, 0.6) is 0 Å². The first-order valence-corrected chi connectivity index (χ1v) is 5.24. The molecule has 0 heterocycles. The minimum absolute atomic E-state index is 0.337. The maximum absolute atomic E-state index is 12.6. The van der Waals surface area contributed by atoms with Crippen LogP contribution >= 0.6 is 27.5 Å². The van der Waals surface area contributed by atoms with Crippen molar-refractivity contribution in [1.29, 1.82) is 0 Å². The molecule has 0 aliphatic carbocycles. The van der Waals surface area contributed by atoms with Gasteiger partial charge in [-0.2, -0.15) is 0 Å². The molecule has 0 unspecified atom stereocenters. The van der Waals surface area contributed by atoms with Crippen LogP contribution in [-0.2, 0) is 0 Å². The zero-order valence-corrected chi connectivity index (χ0v) is 9.12. The summed E-state index contributed by atoms with van der Waals surface area (Å²) in [6.07, 6.45) is 0.758. The van der Waals surface area contributed by atoms with Crippen LogP contribution in [0.2, 0.25) is 5.02 Å². The van der Waals surface area contributed by atoms with Gasteiger partial charge in [0.05, 0.1) is 5.02 Å². The Morgan fingerprint density at radius 2 is 2.23 bits per heavy atom. The summed E-state index contributed by atoms with van der Waals surface area (Å²) >= 11 is 9.01. The second-order valence-corrected chi connectivity index (χ2v) is 3.57. The molecule has 0 amide bonds. The normalized spacial score (nSPS) is 9.15. The van der Waals surface area contributed by atoms with E-state index < -0.39 is 0 Å². The molecule has 68 valence electrons. The molecule has 1 aromatic carbocycles. The molecule has 0 bridgehead atoms. The molecule has 0 atom stereocenters. The van der Waals surface area contributed by atoms with Crippen LogP contribution in [-0.4, -0.2) is 5.33 Å². The first-order chi connectivity index (χ1) is 6.24. The molecule has 0 aliphatic heterocycles. The first-order valence-electron chi connectivity index (χ1n) is 3.74. The fourth-order valence-electron chi connectivity index (χ4n) is 0.796. The molecule has 0 fully saturated rings. The van der Waals surface area contributed by atoms with Crippen LogP contribution < -0.4 is 0 Å². The molecule has 3 heteroatoms. The summed E-state index contributed by atoms with van der Waals surface area (Å²) in [5.74, 6) is 5.43. The van der Waals surface area contributed by atoms with Gasteiger partial charge in [0.2, 0.25) is 0 Å². The van der Waals surface area contributed by atoms with Crippen molar-refractivity contribution in [2.75, 3.05) is 5.33 Å². The van der Waals surface area contributed by atoms with E-state index in [1.165, 1.54) is 12.1 Å². The quantitative estimate of drug-likeness (QED) is 0.535. The summed E-state index contributed by atoms with van der Waals surface area (Å²) in [7, 11) is 0. The standard InChI is InChI=1S/C10H7BrClF/c11-6-2-1-3-8-4-5-9(13)7-10(8)12/h4-5,7H,2,6H2. The van der Waals surface area contributed by atoms with Gasteiger partial charge in [0.1, 0.15) is 5.82 Å². The van der Waals surface area contributed by atoms with Crippen LogP contribution in [0, 0.1) is 17.7 Å². The van der Waals surface area contributed by atoms with E-state index in [4.69, 9.17) is 11.6 Å². The van der Waals surface area contributed by atoms with Gasteiger partial charge in [0, 0.05) is 17.3 Å². The minimum Gasteiger partial charge on any atom is -0.207 e. The van der Waals surface area contributed by atoms with Gasteiger partial charge in [0.25, 0.3) is 0 Å². The Morgan fingerprint density at radius 3 is 2.85 bits per heavy atom. The van der Waals surface area contributed by atoms with E-state index in [1.807, 2.05) is 0 Å². The Kier molecular flexibility index (Phi) is 4.27. The van der Waals surface area contributed by atoms with E-state index in [-0.39, 0.29) is 5.82 Å². The van der Waals surface area contributed by atoms with Crippen molar-refractivity contribution in [3.8, 4) is 11.8 Å². The molecule has 1 aromatic rings. The zero-order chi connectivity index (χ0) is 9.68. The third-order valence-electron chi connectivity index (χ3n) is 1.37. The second-order valence-electron chi connectivity index (χ2n) is 2.36. The van der Waals surface area contributed by atoms with Crippen molar-refractivity contribution >= 4 is 27.5 Å². The Labute approximate surface area is 90.2 Å². The molecule has 0 aromatic heterocycles. The number of alkyl halides is 1. The van der Waals surface area contributed by atoms with Gasteiger partial charge in [-0.25, -0.2) is 4.39 Å². The highest BCUT2D eigenvalue weighted by Gasteiger charge is 1.97. The van der Waals surface area contributed by atoms with Gasteiger partial charge >= 0.3 is 0 Å². The lowest BCUT2D eigenvalue weighted by atomic mass is 10.2. The largest absolute Gasteiger partial charge is 0.207 e. The average Bonchev–Trinajstić information content (AvgIpc) is 2.09. The molecule has 0 N–H and O–H groups in total. The van der Waals surface area contributed by atoms with Gasteiger partial charge in [-0.15, -0.1) is 0 Å². The van der Waals surface area contributed by atoms with E-state index in [2.05, 4.69) is 27.8 Å². The average molecular weight is 262 g/mol. The van der Waals surface area contributed by atoms with E-state index in [1.54, 1.807) is 6.07 Å². The van der Waals surface area contributed by atoms with E-state index in [0.29, 0.717) is 10.6 Å². The molecule has 0 aliphatic rings. The third kappa shape index (κ3) is 3.38. The summed E-state index contributed by atoms with van der Waals surface area (Å²) < 4.78 is 12.6. The Morgan fingerprint density at radius 1 is 1.46 bits per heavy atom. The summed E-state index contributed by atoms with van der Waals surface area (Å²) in [5, 5.41) is 1.20. The topological polar surface area (TPSA) is 0 Å². The first kappa shape index (κ1) is 10.6. The van der Waals surface area contributed by atoms with E-state index in [9.17, 15) is 4.39 Å². The van der Waals surface area contributed by atoms with E-state index in [0.717, 1.165) is 11.8 Å². The molecule has 0 saturated heterocycles. The van der Waals surface area contributed by atoms with Gasteiger partial charge in [0.15, 0.2) is 0 Å². The number of rotatable bonds is 1. The molecule has 0 radical (unpaired) electrons. The summed E-state index contributed by atoms with van der Waals surface area (Å²) in [5.41, 5.74) is 0.670. The Balaban J connectivity index is 2.85. The van der Waals surface area contributed by atoms with Gasteiger partial charge in [-0.1, -0.05) is 39.4 Å². The number of benzene rings is 1. The summed E-state index contributed by atoms with van der Waals surface area (Å²) in [6.45, 7) is 0. The van der Waals surface area contributed by atoms with Gasteiger partial charge in [-0.05, 0) is 18.2 Å². The van der Waals surface area contributed by atoms with Crippen LogP contribution in [0.15, 0.2) is 18.2 Å². The zero-order valence-electron chi connectivity index (χ0n) is 6.78. The highest BCUT2D eigenvalue weighted by Crippen LogP contribution is 2.15. The second kappa shape index (κ2) is 5.26. The highest BCUT2D eigenvalue weighted by molar-refractivity contribution is 9.09. The smallest absolute Gasteiger partial charge is 0.124 e. The predicted molar refractivity (Wildman–Crippen MR) is 56.7 cm³/mol. The van der Waals surface area contributed by atoms with Gasteiger partial charge in [-0.3, -0.25) is 0 Å². The molecular formula is C10H7BrClF. The lowest BCUT2D eigenvalue weighted by Gasteiger charge is -1.94. The SMILES string of the molecule is Fc1ccc(C#CCCBr)c(Cl)c1. The summed E-state index contributed by atoms with van der Waals surface area (Å²) in [4.78, 5) is 0. The van der Waals surface area contributed by atoms with Crippen molar-refractivity contribution in [1.82, 2.24) is 0 Å². The number of hydrogen-bond acceptors (Lipinski definition) is 0. The van der Waals surface area contributed by atoms with Crippen molar-refractivity contribution < 1.29 is 4.39 Å².